The summed E-state index contributed by atoms with van der Waals surface area (Å²) in [6.45, 7) is 14.1. The Kier molecular flexibility index (Phi) is 20.2. The summed E-state index contributed by atoms with van der Waals surface area (Å²) in [5.74, 6) is -16.1. The third-order valence-corrected chi connectivity index (χ3v) is 15.4. The van der Waals surface area contributed by atoms with Gasteiger partial charge < -0.3 is 38.7 Å². The summed E-state index contributed by atoms with van der Waals surface area (Å²) in [4.78, 5) is 62.3. The maximum atomic E-state index is 15.9. The van der Waals surface area contributed by atoms with Gasteiger partial charge in [-0.15, -0.1) is 20.4 Å². The number of anilines is 2. The fourth-order valence-electron chi connectivity index (χ4n) is 10.2. The van der Waals surface area contributed by atoms with Gasteiger partial charge in [0.1, 0.15) is 68.8 Å². The number of nitrogens with zero attached hydrogens (tertiary/aromatic N) is 10. The number of nitriles is 2. The molecule has 536 valence electrons. The number of rotatable bonds is 12. The van der Waals surface area contributed by atoms with Crippen LogP contribution in [0.15, 0.2) is 106 Å². The Bertz CT molecular complexity index is 4360. The zero-order chi connectivity index (χ0) is 75.4. The minimum absolute atomic E-state index is 0.0698. The SMILES string of the molecule is CC(C)(C)OC(=O)NC1CC(F)(F)c2cc(F)c(-c3nnc(C(C)(C)C#N)o3)cc2N(Cc2ccc(-c3ncc(C(F)(F)F)cc3F)cc2)C1=O.CC(C)(C)OC(=O)N[C@@H]1CC(F)(F)c2cc(F)c(-c3nnc(C(C)(C)C#N)o3)cc2N(Cc2ccc(-c3ncc(C(F)(F)F)cc3F)cc2)C1=O. The van der Waals surface area contributed by atoms with Gasteiger partial charge in [-0.25, -0.2) is 44.7 Å². The highest BCUT2D eigenvalue weighted by atomic mass is 19.4. The lowest BCUT2D eigenvalue weighted by Gasteiger charge is -2.27. The van der Waals surface area contributed by atoms with Crippen molar-refractivity contribution < 1.29 is 99.0 Å². The molecule has 10 rings (SSSR count). The van der Waals surface area contributed by atoms with Crippen molar-refractivity contribution in [1.29, 1.82) is 10.5 Å². The van der Waals surface area contributed by atoms with Gasteiger partial charge >= 0.3 is 24.5 Å². The molecule has 6 heterocycles. The highest BCUT2D eigenvalue weighted by molar-refractivity contribution is 6.02. The molecular formula is C68H58F14N12O8. The molecular weight excluding hydrogens is 1380 g/mol. The normalized spacial score (nSPS) is 16.3. The van der Waals surface area contributed by atoms with Crippen LogP contribution in [0, 0.1) is 45.9 Å². The molecule has 0 spiro atoms. The summed E-state index contributed by atoms with van der Waals surface area (Å²) >= 11 is 0. The Labute approximate surface area is 570 Å². The minimum atomic E-state index is -4.82. The number of fused-ring (bicyclic) bond motifs is 2. The summed E-state index contributed by atoms with van der Waals surface area (Å²) in [7, 11) is 0. The molecule has 8 aromatic rings. The van der Waals surface area contributed by atoms with Crippen molar-refractivity contribution in [3.8, 4) is 57.6 Å². The number of carbonyl (C=O) groups is 4. The molecule has 2 atom stereocenters. The fourth-order valence-corrected chi connectivity index (χ4v) is 10.2. The van der Waals surface area contributed by atoms with Crippen LogP contribution in [0.25, 0.3) is 45.4 Å². The molecule has 2 aliphatic heterocycles. The molecule has 0 bridgehead atoms. The van der Waals surface area contributed by atoms with E-state index in [1.807, 2.05) is 12.1 Å². The van der Waals surface area contributed by atoms with E-state index < -0.39 is 199 Å². The van der Waals surface area contributed by atoms with Crippen molar-refractivity contribution in [1.82, 2.24) is 41.0 Å². The Balaban J connectivity index is 0.000000237. The van der Waals surface area contributed by atoms with Crippen LogP contribution in [-0.4, -0.2) is 77.6 Å². The average Bonchev–Trinajstić information content (AvgIpc) is 1.57. The third kappa shape index (κ3) is 16.7. The number of amides is 4. The molecule has 0 saturated heterocycles. The predicted octanol–water partition coefficient (Wildman–Crippen LogP) is 15.6. The summed E-state index contributed by atoms with van der Waals surface area (Å²) < 4.78 is 224. The van der Waals surface area contributed by atoms with E-state index in [-0.39, 0.29) is 34.0 Å². The maximum absolute atomic E-state index is 15.9. The molecule has 2 aliphatic rings. The number of pyridine rings is 2. The Morgan fingerprint density at radius 3 is 1.16 bits per heavy atom. The standard InChI is InChI=1S/2C34H29F7N6O4/c2*1-31(2,3)51-30(49)44-24-13-33(37,38)21-12-22(35)20(27-45-46-29(50-27)32(4,5)16-42)11-25(21)47(28(24)48)15-17-6-8-18(9-7-17)26-23(36)10-19(14-43-26)34(39,40)41/h2*6-12,14,24H,13,15H2,1-5H3,(H,44,49)/t24-;/m1./s1. The van der Waals surface area contributed by atoms with Crippen LogP contribution in [0.4, 0.5) is 82.4 Å². The van der Waals surface area contributed by atoms with Gasteiger partial charge in [0.25, 0.3) is 23.6 Å². The van der Waals surface area contributed by atoms with E-state index in [0.717, 1.165) is 21.9 Å². The van der Waals surface area contributed by atoms with Gasteiger partial charge in [0.15, 0.2) is 0 Å². The molecule has 4 amide bonds. The number of hydrogen-bond donors (Lipinski definition) is 2. The molecule has 4 aromatic heterocycles. The monoisotopic (exact) mass is 1440 g/mol. The van der Waals surface area contributed by atoms with Gasteiger partial charge in [-0.1, -0.05) is 48.5 Å². The number of benzene rings is 4. The van der Waals surface area contributed by atoms with Crippen molar-refractivity contribution in [2.75, 3.05) is 9.80 Å². The van der Waals surface area contributed by atoms with E-state index >= 15 is 26.3 Å². The number of ether oxygens (including phenoxy) is 2. The van der Waals surface area contributed by atoms with Crippen molar-refractivity contribution in [3.05, 3.63) is 166 Å². The summed E-state index contributed by atoms with van der Waals surface area (Å²) in [5, 5.41) is 38.4. The van der Waals surface area contributed by atoms with E-state index in [1.54, 1.807) is 0 Å². The second kappa shape index (κ2) is 27.5. The molecule has 34 heteroatoms. The molecule has 0 aliphatic carbocycles. The number of alkyl halides is 10. The molecule has 1 unspecified atom stereocenters. The minimum Gasteiger partial charge on any atom is -0.444 e. The lowest BCUT2D eigenvalue weighted by Crippen LogP contribution is -2.49. The zero-order valence-electron chi connectivity index (χ0n) is 55.3. The average molecular weight is 1440 g/mol. The molecule has 0 saturated carbocycles. The quantitative estimate of drug-likeness (QED) is 0.108. The van der Waals surface area contributed by atoms with Crippen molar-refractivity contribution in [3.63, 3.8) is 0 Å². The topological polar surface area (TPSA) is 268 Å². The smallest absolute Gasteiger partial charge is 0.417 e. The number of alkyl carbamates (subject to hydrolysis) is 2. The first kappa shape index (κ1) is 75.1. The van der Waals surface area contributed by atoms with Crippen LogP contribution >= 0.6 is 0 Å². The van der Waals surface area contributed by atoms with Crippen molar-refractivity contribution >= 4 is 35.4 Å². The largest absolute Gasteiger partial charge is 0.444 e. The summed E-state index contributed by atoms with van der Waals surface area (Å²) in [6, 6.07) is 14.3. The van der Waals surface area contributed by atoms with Gasteiger partial charge in [-0.2, -0.15) is 36.9 Å². The van der Waals surface area contributed by atoms with E-state index in [1.165, 1.54) is 118 Å². The summed E-state index contributed by atoms with van der Waals surface area (Å²) in [5.41, 5.74) is -11.1. The van der Waals surface area contributed by atoms with Crippen LogP contribution in [0.1, 0.15) is 127 Å². The van der Waals surface area contributed by atoms with Crippen LogP contribution in [0.5, 0.6) is 0 Å². The zero-order valence-corrected chi connectivity index (χ0v) is 55.3. The first-order chi connectivity index (χ1) is 47.2. The van der Waals surface area contributed by atoms with Crippen LogP contribution in [-0.2, 0) is 67.2 Å². The van der Waals surface area contributed by atoms with Gasteiger partial charge in [-0.05, 0) is 117 Å². The Hall–Kier alpha value is -11.1. The number of carbonyl (C=O) groups excluding carboxylic acids is 4. The molecule has 0 radical (unpaired) electrons. The Morgan fingerprint density at radius 1 is 0.529 bits per heavy atom. The number of aromatic nitrogens is 6. The van der Waals surface area contributed by atoms with Gasteiger partial charge in [-0.3, -0.25) is 19.6 Å². The van der Waals surface area contributed by atoms with Crippen LogP contribution in [0.3, 0.4) is 0 Å². The molecule has 0 fully saturated rings. The van der Waals surface area contributed by atoms with E-state index in [2.05, 4.69) is 41.0 Å². The lowest BCUT2D eigenvalue weighted by atomic mass is 9.96. The second-order valence-electron chi connectivity index (χ2n) is 26.6. The second-order valence-corrected chi connectivity index (χ2v) is 26.6. The predicted molar refractivity (Wildman–Crippen MR) is 332 cm³/mol. The first-order valence-electron chi connectivity index (χ1n) is 30.4. The fraction of sp³-hybridized carbons (Fsp3) is 0.353. The molecule has 4 aromatic carbocycles. The highest BCUT2D eigenvalue weighted by Crippen LogP contribution is 2.48. The summed E-state index contributed by atoms with van der Waals surface area (Å²) in [6.07, 6.45) is -13.6. The number of nitrogens with one attached hydrogen (secondary N) is 2. The Morgan fingerprint density at radius 2 is 0.863 bits per heavy atom. The van der Waals surface area contributed by atoms with Crippen molar-refractivity contribution in [2.24, 2.45) is 0 Å². The number of halogens is 14. The van der Waals surface area contributed by atoms with E-state index in [9.17, 15) is 64.8 Å². The van der Waals surface area contributed by atoms with Crippen LogP contribution < -0.4 is 20.4 Å². The van der Waals surface area contributed by atoms with E-state index in [4.69, 9.17) is 18.3 Å². The highest BCUT2D eigenvalue weighted by Gasteiger charge is 2.50. The van der Waals surface area contributed by atoms with Gasteiger partial charge in [0.2, 0.25) is 23.6 Å². The lowest BCUT2D eigenvalue weighted by molar-refractivity contribution is -0.138. The molecule has 20 nitrogen and oxygen atoms in total. The van der Waals surface area contributed by atoms with E-state index in [0.29, 0.717) is 36.7 Å². The van der Waals surface area contributed by atoms with Crippen molar-refractivity contribution in [2.45, 2.75) is 153 Å². The van der Waals surface area contributed by atoms with Gasteiger partial charge in [0.05, 0.1) is 58.9 Å². The maximum Gasteiger partial charge on any atom is 0.417 e. The van der Waals surface area contributed by atoms with Gasteiger partial charge in [0, 0.05) is 47.5 Å². The third-order valence-electron chi connectivity index (χ3n) is 15.4. The molecule has 2 N–H and O–H groups in total. The molecule has 102 heavy (non-hydrogen) atoms. The van der Waals surface area contributed by atoms with Crippen LogP contribution in [0.2, 0.25) is 0 Å². The first-order valence-corrected chi connectivity index (χ1v) is 30.4. The number of hydrogen-bond acceptors (Lipinski definition) is 16.